The molecule has 126 valence electrons. The van der Waals surface area contributed by atoms with Crippen LogP contribution in [0.15, 0.2) is 41.0 Å². The number of carbonyl (C=O) groups excluding carboxylic acids is 1. The highest BCUT2D eigenvalue weighted by Gasteiger charge is 2.18. The lowest BCUT2D eigenvalue weighted by Crippen LogP contribution is -2.29. The van der Waals surface area contributed by atoms with Gasteiger partial charge in [-0.05, 0) is 23.6 Å². The van der Waals surface area contributed by atoms with E-state index in [0.717, 1.165) is 17.6 Å². The van der Waals surface area contributed by atoms with Gasteiger partial charge in [0.25, 0.3) is 5.91 Å². The second kappa shape index (κ2) is 6.47. The zero-order valence-corrected chi connectivity index (χ0v) is 13.5. The minimum absolute atomic E-state index is 0.224. The molecule has 0 aliphatic carbocycles. The Morgan fingerprint density at radius 1 is 1.21 bits per heavy atom. The number of amides is 1. The number of halogens is 2. The first-order valence-corrected chi connectivity index (χ1v) is 7.74. The minimum Gasteiger partial charge on any atom is -0.463 e. The molecule has 0 aliphatic rings. The highest BCUT2D eigenvalue weighted by atomic mass is 19.2. The van der Waals surface area contributed by atoms with Gasteiger partial charge in [-0.2, -0.15) is 0 Å². The van der Waals surface area contributed by atoms with Gasteiger partial charge in [0.2, 0.25) is 0 Å². The van der Waals surface area contributed by atoms with Gasteiger partial charge in [-0.15, -0.1) is 0 Å². The Kier molecular flexibility index (Phi) is 4.38. The molecule has 4 nitrogen and oxygen atoms in total. The molecule has 1 aromatic carbocycles. The smallest absolute Gasteiger partial charge is 0.268 e. The Hall–Kier alpha value is -2.63. The van der Waals surface area contributed by atoms with Gasteiger partial charge in [-0.1, -0.05) is 19.9 Å². The molecule has 1 amide bonds. The highest BCUT2D eigenvalue weighted by Crippen LogP contribution is 2.23. The maximum absolute atomic E-state index is 13.4. The van der Waals surface area contributed by atoms with Crippen LogP contribution in [0, 0.1) is 17.6 Å². The molecule has 2 aromatic heterocycles. The topological polar surface area (TPSA) is 47.2 Å². The molecule has 0 spiro atoms. The summed E-state index contributed by atoms with van der Waals surface area (Å²) in [6.45, 7) is 4.81. The number of benzene rings is 1. The predicted octanol–water partition coefficient (Wildman–Crippen LogP) is 3.95. The fourth-order valence-corrected chi connectivity index (χ4v) is 2.54. The van der Waals surface area contributed by atoms with Crippen LogP contribution in [-0.4, -0.2) is 17.0 Å². The number of aromatic nitrogens is 1. The van der Waals surface area contributed by atoms with Gasteiger partial charge in [-0.25, -0.2) is 8.78 Å². The van der Waals surface area contributed by atoms with Crippen LogP contribution in [0.1, 0.15) is 29.9 Å². The van der Waals surface area contributed by atoms with Crippen LogP contribution in [0.5, 0.6) is 0 Å². The lowest BCUT2D eigenvalue weighted by atomic mass is 10.2. The molecular formula is C18H18F2N2O2. The number of carbonyl (C=O) groups is 1. The van der Waals surface area contributed by atoms with Gasteiger partial charge in [0.1, 0.15) is 5.69 Å². The van der Waals surface area contributed by atoms with Gasteiger partial charge in [0.15, 0.2) is 17.2 Å². The van der Waals surface area contributed by atoms with Crippen molar-refractivity contribution in [2.45, 2.75) is 20.4 Å². The average molecular weight is 332 g/mol. The van der Waals surface area contributed by atoms with Gasteiger partial charge < -0.3 is 14.3 Å². The molecule has 0 bridgehead atoms. The van der Waals surface area contributed by atoms with Crippen molar-refractivity contribution in [3.05, 3.63) is 59.5 Å². The molecule has 0 fully saturated rings. The fraction of sp³-hybridized carbons (Fsp3) is 0.278. The molecule has 2 heterocycles. The van der Waals surface area contributed by atoms with Crippen molar-refractivity contribution in [1.29, 1.82) is 0 Å². The van der Waals surface area contributed by atoms with E-state index in [-0.39, 0.29) is 12.5 Å². The average Bonchev–Trinajstić information content (AvgIpc) is 3.11. The van der Waals surface area contributed by atoms with Crippen LogP contribution in [0.2, 0.25) is 0 Å². The fourth-order valence-electron chi connectivity index (χ4n) is 2.54. The summed E-state index contributed by atoms with van der Waals surface area (Å²) in [5.41, 5.74) is 2.29. The first kappa shape index (κ1) is 16.2. The molecule has 0 radical (unpaired) electrons. The molecule has 0 saturated heterocycles. The second-order valence-corrected chi connectivity index (χ2v) is 6.14. The third kappa shape index (κ3) is 3.18. The zero-order chi connectivity index (χ0) is 17.3. The van der Waals surface area contributed by atoms with Crippen LogP contribution in [0.25, 0.3) is 11.1 Å². The second-order valence-electron chi connectivity index (χ2n) is 6.14. The monoisotopic (exact) mass is 332 g/mol. The summed E-state index contributed by atoms with van der Waals surface area (Å²) in [4.78, 5) is 12.4. The Morgan fingerprint density at radius 3 is 2.71 bits per heavy atom. The Balaban J connectivity index is 1.95. The summed E-state index contributed by atoms with van der Waals surface area (Å²) in [5.74, 6) is -1.70. The lowest BCUT2D eigenvalue weighted by molar-refractivity contribution is 0.0940. The third-order valence-corrected chi connectivity index (χ3v) is 3.75. The van der Waals surface area contributed by atoms with Crippen LogP contribution in [-0.2, 0) is 6.54 Å². The van der Waals surface area contributed by atoms with E-state index in [1.165, 1.54) is 12.3 Å². The number of hydrogen-bond donors (Lipinski definition) is 1. The van der Waals surface area contributed by atoms with E-state index in [2.05, 4.69) is 5.32 Å². The summed E-state index contributed by atoms with van der Waals surface area (Å²) in [5, 5.41) is 2.86. The molecule has 6 heteroatoms. The van der Waals surface area contributed by atoms with E-state index in [1.807, 2.05) is 13.8 Å². The van der Waals surface area contributed by atoms with Gasteiger partial charge in [-0.3, -0.25) is 4.79 Å². The predicted molar refractivity (Wildman–Crippen MR) is 86.8 cm³/mol. The zero-order valence-electron chi connectivity index (χ0n) is 13.5. The van der Waals surface area contributed by atoms with Gasteiger partial charge >= 0.3 is 0 Å². The Labute approximate surface area is 138 Å². The summed E-state index contributed by atoms with van der Waals surface area (Å²) >= 11 is 0. The summed E-state index contributed by atoms with van der Waals surface area (Å²) in [6, 6.07) is 7.12. The first-order chi connectivity index (χ1) is 11.5. The quantitative estimate of drug-likeness (QED) is 0.769. The molecule has 24 heavy (non-hydrogen) atoms. The van der Waals surface area contributed by atoms with Gasteiger partial charge in [0.05, 0.1) is 11.8 Å². The Morgan fingerprint density at radius 2 is 2.00 bits per heavy atom. The van der Waals surface area contributed by atoms with E-state index in [0.29, 0.717) is 29.3 Å². The van der Waals surface area contributed by atoms with Crippen LogP contribution in [0.3, 0.4) is 0 Å². The van der Waals surface area contributed by atoms with Crippen LogP contribution >= 0.6 is 0 Å². The van der Waals surface area contributed by atoms with Crippen molar-refractivity contribution in [3.63, 3.8) is 0 Å². The van der Waals surface area contributed by atoms with Gasteiger partial charge in [0, 0.05) is 25.2 Å². The summed E-state index contributed by atoms with van der Waals surface area (Å²) in [7, 11) is 0. The van der Waals surface area contributed by atoms with Crippen molar-refractivity contribution in [2.24, 2.45) is 5.92 Å². The van der Waals surface area contributed by atoms with Crippen molar-refractivity contribution in [1.82, 2.24) is 9.88 Å². The third-order valence-electron chi connectivity index (χ3n) is 3.75. The van der Waals surface area contributed by atoms with E-state index in [4.69, 9.17) is 4.42 Å². The Bertz CT molecular complexity index is 880. The molecule has 0 unspecified atom stereocenters. The van der Waals surface area contributed by atoms with Crippen LogP contribution in [0.4, 0.5) is 8.78 Å². The van der Waals surface area contributed by atoms with Crippen molar-refractivity contribution < 1.29 is 18.0 Å². The van der Waals surface area contributed by atoms with E-state index in [9.17, 15) is 13.6 Å². The number of nitrogens with one attached hydrogen (secondary N) is 1. The summed E-state index contributed by atoms with van der Waals surface area (Å²) < 4.78 is 33.6. The maximum atomic E-state index is 13.4. The van der Waals surface area contributed by atoms with E-state index >= 15 is 0 Å². The lowest BCUT2D eigenvalue weighted by Gasteiger charge is -2.12. The molecule has 0 saturated carbocycles. The number of rotatable bonds is 5. The van der Waals surface area contributed by atoms with E-state index in [1.54, 1.807) is 16.7 Å². The van der Waals surface area contributed by atoms with Crippen LogP contribution < -0.4 is 5.32 Å². The molecule has 3 rings (SSSR count). The summed E-state index contributed by atoms with van der Waals surface area (Å²) in [6.07, 6.45) is 1.53. The molecule has 0 atom stereocenters. The number of nitrogens with zero attached hydrogens (tertiary/aromatic N) is 1. The van der Waals surface area contributed by atoms with E-state index < -0.39 is 11.6 Å². The van der Waals surface area contributed by atoms with Crippen molar-refractivity contribution >= 4 is 17.0 Å². The number of fused-ring (bicyclic) bond motifs is 1. The molecular weight excluding hydrogens is 314 g/mol. The van der Waals surface area contributed by atoms with Crippen molar-refractivity contribution in [3.8, 4) is 0 Å². The molecule has 3 aromatic rings. The first-order valence-electron chi connectivity index (χ1n) is 7.74. The maximum Gasteiger partial charge on any atom is 0.268 e. The SMILES string of the molecule is CC(C)CNC(=O)c1cc2occc2n1Cc1ccc(F)c(F)c1. The standard InChI is InChI=1S/C18H18F2N2O2/c1-11(2)9-21-18(23)16-8-17-15(5-6-24-17)22(16)10-12-3-4-13(19)14(20)7-12/h3-8,11H,9-10H2,1-2H3,(H,21,23). The minimum atomic E-state index is -0.908. The van der Waals surface area contributed by atoms with Crippen molar-refractivity contribution in [2.75, 3.05) is 6.54 Å². The number of hydrogen-bond acceptors (Lipinski definition) is 2. The number of furan rings is 1. The largest absolute Gasteiger partial charge is 0.463 e. The normalized spacial score (nSPS) is 11.4. The molecule has 0 aliphatic heterocycles. The highest BCUT2D eigenvalue weighted by molar-refractivity contribution is 5.97. The molecule has 1 N–H and O–H groups in total.